The molecule has 1 atom stereocenters. The molecule has 0 aliphatic heterocycles. The van der Waals surface area contributed by atoms with Crippen LogP contribution in [0, 0.1) is 11.8 Å². The molecule has 1 heterocycles. The molecule has 0 aromatic carbocycles. The van der Waals surface area contributed by atoms with Crippen molar-refractivity contribution < 1.29 is 0 Å². The van der Waals surface area contributed by atoms with Crippen LogP contribution in [-0.2, 0) is 13.0 Å². The highest BCUT2D eigenvalue weighted by Crippen LogP contribution is 2.16. The lowest BCUT2D eigenvalue weighted by molar-refractivity contribution is 0.370. The van der Waals surface area contributed by atoms with E-state index in [4.69, 9.17) is 0 Å². The van der Waals surface area contributed by atoms with Crippen LogP contribution < -0.4 is 5.32 Å². The third-order valence-electron chi connectivity index (χ3n) is 2.92. The van der Waals surface area contributed by atoms with Gasteiger partial charge < -0.3 is 5.32 Å². The summed E-state index contributed by atoms with van der Waals surface area (Å²) in [4.78, 5) is 0. The monoisotopic (exact) mass is 209 g/mol. The molecular formula is C12H23N3. The van der Waals surface area contributed by atoms with Gasteiger partial charge in [0.25, 0.3) is 0 Å². The summed E-state index contributed by atoms with van der Waals surface area (Å²) >= 11 is 0. The Morgan fingerprint density at radius 3 is 2.67 bits per heavy atom. The Labute approximate surface area is 92.9 Å². The zero-order valence-electron chi connectivity index (χ0n) is 10.3. The Hall–Kier alpha value is -0.830. The minimum Gasteiger partial charge on any atom is -0.319 e. The molecule has 1 unspecified atom stereocenters. The van der Waals surface area contributed by atoms with E-state index in [1.165, 1.54) is 5.56 Å². The standard InChI is InChI=1S/C12H23N3/c1-5-15-9-11(7-14-15)6-12(8-13-4)10(2)3/h7,9-10,12-13H,5-6,8H2,1-4H3. The van der Waals surface area contributed by atoms with Crippen LogP contribution in [0.1, 0.15) is 26.3 Å². The first kappa shape index (κ1) is 12.2. The van der Waals surface area contributed by atoms with E-state index in [0.717, 1.165) is 19.5 Å². The van der Waals surface area contributed by atoms with Crippen LogP contribution in [0.2, 0.25) is 0 Å². The maximum Gasteiger partial charge on any atom is 0.0521 e. The first-order valence-electron chi connectivity index (χ1n) is 5.83. The van der Waals surface area contributed by atoms with Gasteiger partial charge in [-0.25, -0.2) is 0 Å². The van der Waals surface area contributed by atoms with E-state index >= 15 is 0 Å². The van der Waals surface area contributed by atoms with Crippen molar-refractivity contribution in [1.82, 2.24) is 15.1 Å². The number of hydrogen-bond donors (Lipinski definition) is 1. The summed E-state index contributed by atoms with van der Waals surface area (Å²) in [6.45, 7) is 8.72. The Morgan fingerprint density at radius 1 is 1.47 bits per heavy atom. The average molecular weight is 209 g/mol. The van der Waals surface area contributed by atoms with Gasteiger partial charge in [-0.2, -0.15) is 5.10 Å². The molecule has 0 saturated heterocycles. The van der Waals surface area contributed by atoms with Gasteiger partial charge >= 0.3 is 0 Å². The number of rotatable bonds is 6. The van der Waals surface area contributed by atoms with Gasteiger partial charge in [0.05, 0.1) is 6.20 Å². The van der Waals surface area contributed by atoms with Crippen LogP contribution in [0.5, 0.6) is 0 Å². The first-order chi connectivity index (χ1) is 7.17. The third kappa shape index (κ3) is 3.67. The Balaban J connectivity index is 2.57. The van der Waals surface area contributed by atoms with Crippen molar-refractivity contribution in [3.63, 3.8) is 0 Å². The molecule has 0 radical (unpaired) electrons. The second-order valence-electron chi connectivity index (χ2n) is 4.47. The number of nitrogens with one attached hydrogen (secondary N) is 1. The largest absolute Gasteiger partial charge is 0.319 e. The molecular weight excluding hydrogens is 186 g/mol. The summed E-state index contributed by atoms with van der Waals surface area (Å²) < 4.78 is 1.99. The van der Waals surface area contributed by atoms with Gasteiger partial charge in [-0.05, 0) is 44.3 Å². The third-order valence-corrected chi connectivity index (χ3v) is 2.92. The van der Waals surface area contributed by atoms with Crippen molar-refractivity contribution in [2.24, 2.45) is 11.8 Å². The van der Waals surface area contributed by atoms with Crippen LogP contribution in [0.4, 0.5) is 0 Å². The fraction of sp³-hybridized carbons (Fsp3) is 0.750. The number of aryl methyl sites for hydroxylation is 1. The van der Waals surface area contributed by atoms with Crippen LogP contribution in [-0.4, -0.2) is 23.4 Å². The fourth-order valence-electron chi connectivity index (χ4n) is 1.79. The summed E-state index contributed by atoms with van der Waals surface area (Å²) in [5, 5.41) is 7.57. The lowest BCUT2D eigenvalue weighted by Crippen LogP contribution is -2.24. The second kappa shape index (κ2) is 5.91. The number of nitrogens with zero attached hydrogens (tertiary/aromatic N) is 2. The molecule has 0 bridgehead atoms. The van der Waals surface area contributed by atoms with E-state index in [2.05, 4.69) is 37.4 Å². The van der Waals surface area contributed by atoms with E-state index in [9.17, 15) is 0 Å². The van der Waals surface area contributed by atoms with Gasteiger partial charge in [0, 0.05) is 12.7 Å². The molecule has 0 aliphatic carbocycles. The number of hydrogen-bond acceptors (Lipinski definition) is 2. The Bertz CT molecular complexity index is 278. The van der Waals surface area contributed by atoms with Crippen molar-refractivity contribution in [2.75, 3.05) is 13.6 Å². The lowest BCUT2D eigenvalue weighted by atomic mass is 9.90. The molecule has 86 valence electrons. The quantitative estimate of drug-likeness (QED) is 0.776. The second-order valence-corrected chi connectivity index (χ2v) is 4.47. The molecule has 3 nitrogen and oxygen atoms in total. The highest BCUT2D eigenvalue weighted by atomic mass is 15.3. The van der Waals surface area contributed by atoms with E-state index in [0.29, 0.717) is 11.8 Å². The summed E-state index contributed by atoms with van der Waals surface area (Å²) in [6, 6.07) is 0. The summed E-state index contributed by atoms with van der Waals surface area (Å²) in [5.74, 6) is 1.41. The molecule has 0 spiro atoms. The van der Waals surface area contributed by atoms with Crippen LogP contribution >= 0.6 is 0 Å². The number of aromatic nitrogens is 2. The Kier molecular flexibility index (Phi) is 4.82. The van der Waals surface area contributed by atoms with E-state index < -0.39 is 0 Å². The zero-order chi connectivity index (χ0) is 11.3. The molecule has 0 amide bonds. The minimum absolute atomic E-state index is 0.699. The van der Waals surface area contributed by atoms with Crippen molar-refractivity contribution in [2.45, 2.75) is 33.7 Å². The molecule has 1 aromatic rings. The van der Waals surface area contributed by atoms with Crippen molar-refractivity contribution in [1.29, 1.82) is 0 Å². The molecule has 1 aromatic heterocycles. The predicted molar refractivity (Wildman–Crippen MR) is 63.9 cm³/mol. The molecule has 1 N–H and O–H groups in total. The van der Waals surface area contributed by atoms with E-state index in [1.54, 1.807) is 0 Å². The van der Waals surface area contributed by atoms with E-state index in [1.807, 2.05) is 17.9 Å². The molecule has 0 saturated carbocycles. The molecule has 15 heavy (non-hydrogen) atoms. The first-order valence-corrected chi connectivity index (χ1v) is 5.83. The van der Waals surface area contributed by atoms with Gasteiger partial charge in [-0.1, -0.05) is 13.8 Å². The fourth-order valence-corrected chi connectivity index (χ4v) is 1.79. The molecule has 0 aliphatic rings. The summed E-state index contributed by atoms with van der Waals surface area (Å²) in [6.07, 6.45) is 5.28. The maximum absolute atomic E-state index is 4.30. The lowest BCUT2D eigenvalue weighted by Gasteiger charge is -2.19. The maximum atomic E-state index is 4.30. The highest BCUT2D eigenvalue weighted by Gasteiger charge is 2.13. The summed E-state index contributed by atoms with van der Waals surface area (Å²) in [7, 11) is 2.02. The Morgan fingerprint density at radius 2 is 2.20 bits per heavy atom. The van der Waals surface area contributed by atoms with Crippen molar-refractivity contribution in [3.05, 3.63) is 18.0 Å². The normalized spacial score (nSPS) is 13.4. The SMILES string of the molecule is CCn1cc(CC(CNC)C(C)C)cn1. The van der Waals surface area contributed by atoms with Gasteiger partial charge in [0.1, 0.15) is 0 Å². The van der Waals surface area contributed by atoms with Crippen LogP contribution in [0.3, 0.4) is 0 Å². The topological polar surface area (TPSA) is 29.9 Å². The van der Waals surface area contributed by atoms with Crippen LogP contribution in [0.15, 0.2) is 12.4 Å². The molecule has 1 rings (SSSR count). The minimum atomic E-state index is 0.699. The van der Waals surface area contributed by atoms with Gasteiger partial charge in [0.15, 0.2) is 0 Å². The average Bonchev–Trinajstić information content (AvgIpc) is 2.65. The van der Waals surface area contributed by atoms with Crippen molar-refractivity contribution >= 4 is 0 Å². The predicted octanol–water partition coefficient (Wildman–Crippen LogP) is 1.94. The highest BCUT2D eigenvalue weighted by molar-refractivity contribution is 5.05. The van der Waals surface area contributed by atoms with Crippen molar-refractivity contribution in [3.8, 4) is 0 Å². The van der Waals surface area contributed by atoms with Crippen LogP contribution in [0.25, 0.3) is 0 Å². The van der Waals surface area contributed by atoms with Gasteiger partial charge in [0.2, 0.25) is 0 Å². The van der Waals surface area contributed by atoms with Gasteiger partial charge in [-0.3, -0.25) is 4.68 Å². The molecule has 3 heteroatoms. The van der Waals surface area contributed by atoms with E-state index in [-0.39, 0.29) is 0 Å². The smallest absolute Gasteiger partial charge is 0.0521 e. The molecule has 0 fully saturated rings. The zero-order valence-corrected chi connectivity index (χ0v) is 10.3. The summed E-state index contributed by atoms with van der Waals surface area (Å²) in [5.41, 5.74) is 1.35. The van der Waals surface area contributed by atoms with Gasteiger partial charge in [-0.15, -0.1) is 0 Å².